The SMILES string of the molecule is O=C(NC1CC1)c1cncc(F)c1. The quantitative estimate of drug-likeness (QED) is 0.740. The Balaban J connectivity index is 2.09. The van der Waals surface area contributed by atoms with Crippen LogP contribution in [0.4, 0.5) is 4.39 Å². The summed E-state index contributed by atoms with van der Waals surface area (Å²) < 4.78 is 12.6. The number of amides is 1. The predicted molar refractivity (Wildman–Crippen MR) is 44.7 cm³/mol. The Labute approximate surface area is 75.0 Å². The van der Waals surface area contributed by atoms with Crippen LogP contribution in [0.25, 0.3) is 0 Å². The molecule has 1 aromatic heterocycles. The Hall–Kier alpha value is -1.45. The summed E-state index contributed by atoms with van der Waals surface area (Å²) in [6.07, 6.45) is 4.48. The number of carbonyl (C=O) groups excluding carboxylic acids is 1. The van der Waals surface area contributed by atoms with E-state index in [-0.39, 0.29) is 17.5 Å². The van der Waals surface area contributed by atoms with Gasteiger partial charge in [-0.25, -0.2) is 4.39 Å². The zero-order chi connectivity index (χ0) is 9.26. The molecule has 68 valence electrons. The average molecular weight is 180 g/mol. The van der Waals surface area contributed by atoms with Crippen LogP contribution in [-0.2, 0) is 0 Å². The van der Waals surface area contributed by atoms with Crippen molar-refractivity contribution in [2.24, 2.45) is 0 Å². The fourth-order valence-corrected chi connectivity index (χ4v) is 1.03. The van der Waals surface area contributed by atoms with Crippen LogP contribution in [0.2, 0.25) is 0 Å². The molecule has 0 spiro atoms. The van der Waals surface area contributed by atoms with Gasteiger partial charge in [0.2, 0.25) is 0 Å². The van der Waals surface area contributed by atoms with E-state index in [1.807, 2.05) is 0 Å². The Morgan fingerprint density at radius 1 is 1.54 bits per heavy atom. The molecule has 0 radical (unpaired) electrons. The summed E-state index contributed by atoms with van der Waals surface area (Å²) in [7, 11) is 0. The number of carbonyl (C=O) groups is 1. The fourth-order valence-electron chi connectivity index (χ4n) is 1.03. The van der Waals surface area contributed by atoms with Crippen molar-refractivity contribution in [1.29, 1.82) is 0 Å². The molecule has 0 aromatic carbocycles. The van der Waals surface area contributed by atoms with Crippen LogP contribution in [0.3, 0.4) is 0 Å². The van der Waals surface area contributed by atoms with Crippen LogP contribution in [0.5, 0.6) is 0 Å². The van der Waals surface area contributed by atoms with Gasteiger partial charge < -0.3 is 5.32 Å². The van der Waals surface area contributed by atoms with Gasteiger partial charge in [-0.05, 0) is 18.9 Å². The zero-order valence-electron chi connectivity index (χ0n) is 6.96. The van der Waals surface area contributed by atoms with E-state index < -0.39 is 5.82 Å². The van der Waals surface area contributed by atoms with Crippen LogP contribution in [0.15, 0.2) is 18.5 Å². The van der Waals surface area contributed by atoms with Gasteiger partial charge in [0, 0.05) is 12.2 Å². The number of aromatic nitrogens is 1. The van der Waals surface area contributed by atoms with Crippen LogP contribution in [-0.4, -0.2) is 16.9 Å². The Morgan fingerprint density at radius 3 is 2.92 bits per heavy atom. The highest BCUT2D eigenvalue weighted by atomic mass is 19.1. The molecule has 4 heteroatoms. The molecule has 1 aliphatic carbocycles. The Morgan fingerprint density at radius 2 is 2.31 bits per heavy atom. The van der Waals surface area contributed by atoms with Crippen molar-refractivity contribution in [3.05, 3.63) is 29.8 Å². The van der Waals surface area contributed by atoms with Crippen molar-refractivity contribution in [3.8, 4) is 0 Å². The number of rotatable bonds is 2. The largest absolute Gasteiger partial charge is 0.349 e. The van der Waals surface area contributed by atoms with Gasteiger partial charge in [-0.2, -0.15) is 0 Å². The molecule has 1 heterocycles. The molecule has 0 unspecified atom stereocenters. The first-order valence-electron chi connectivity index (χ1n) is 4.17. The number of halogens is 1. The molecule has 1 amide bonds. The molecule has 13 heavy (non-hydrogen) atoms. The normalized spacial score (nSPS) is 15.5. The van der Waals surface area contributed by atoms with Crippen LogP contribution in [0, 0.1) is 5.82 Å². The van der Waals surface area contributed by atoms with Gasteiger partial charge in [0.25, 0.3) is 5.91 Å². The number of nitrogens with one attached hydrogen (secondary N) is 1. The van der Waals surface area contributed by atoms with Crippen molar-refractivity contribution >= 4 is 5.91 Å². The first kappa shape index (κ1) is 8.16. The molecule has 1 fully saturated rings. The van der Waals surface area contributed by atoms with Crippen LogP contribution in [0.1, 0.15) is 23.2 Å². The molecule has 3 nitrogen and oxygen atoms in total. The van der Waals surface area contributed by atoms with Crippen LogP contribution >= 0.6 is 0 Å². The number of hydrogen-bond donors (Lipinski definition) is 1. The molecule has 0 aliphatic heterocycles. The molecular formula is C9H9FN2O. The number of hydrogen-bond acceptors (Lipinski definition) is 2. The number of nitrogens with zero attached hydrogens (tertiary/aromatic N) is 1. The molecule has 0 bridgehead atoms. The molecule has 1 aliphatic rings. The first-order chi connectivity index (χ1) is 6.25. The summed E-state index contributed by atoms with van der Waals surface area (Å²) in [5, 5.41) is 2.75. The highest BCUT2D eigenvalue weighted by Crippen LogP contribution is 2.19. The minimum absolute atomic E-state index is 0.241. The summed E-state index contributed by atoms with van der Waals surface area (Å²) in [5.41, 5.74) is 0.284. The van der Waals surface area contributed by atoms with Crippen molar-refractivity contribution < 1.29 is 9.18 Å². The van der Waals surface area contributed by atoms with Crippen molar-refractivity contribution in [1.82, 2.24) is 10.3 Å². The lowest BCUT2D eigenvalue weighted by atomic mass is 10.2. The van der Waals surface area contributed by atoms with E-state index >= 15 is 0 Å². The minimum atomic E-state index is -0.483. The lowest BCUT2D eigenvalue weighted by Gasteiger charge is -2.01. The maximum atomic E-state index is 12.6. The lowest BCUT2D eigenvalue weighted by molar-refractivity contribution is 0.0950. The standard InChI is InChI=1S/C9H9FN2O/c10-7-3-6(4-11-5-7)9(13)12-8-1-2-8/h3-5,8H,1-2H2,(H,12,13). The molecule has 1 aromatic rings. The van der Waals surface area contributed by atoms with Crippen molar-refractivity contribution in [2.75, 3.05) is 0 Å². The van der Waals surface area contributed by atoms with Gasteiger partial charge in [-0.15, -0.1) is 0 Å². The third-order valence-corrected chi connectivity index (χ3v) is 1.88. The van der Waals surface area contributed by atoms with Gasteiger partial charge in [0.1, 0.15) is 5.82 Å². The molecule has 0 saturated heterocycles. The van der Waals surface area contributed by atoms with Crippen molar-refractivity contribution in [3.63, 3.8) is 0 Å². The van der Waals surface area contributed by atoms with E-state index in [9.17, 15) is 9.18 Å². The lowest BCUT2D eigenvalue weighted by Crippen LogP contribution is -2.25. The molecular weight excluding hydrogens is 171 g/mol. The van der Waals surface area contributed by atoms with Crippen LogP contribution < -0.4 is 5.32 Å². The van der Waals surface area contributed by atoms with Gasteiger partial charge in [-0.1, -0.05) is 0 Å². The second-order valence-corrected chi connectivity index (χ2v) is 3.14. The summed E-state index contributed by atoms with van der Waals surface area (Å²) in [6, 6.07) is 1.47. The monoisotopic (exact) mass is 180 g/mol. The van der Waals surface area contributed by atoms with E-state index in [4.69, 9.17) is 0 Å². The summed E-state index contributed by atoms with van der Waals surface area (Å²) in [6.45, 7) is 0. The van der Waals surface area contributed by atoms with E-state index in [1.165, 1.54) is 12.3 Å². The topological polar surface area (TPSA) is 42.0 Å². The molecule has 2 rings (SSSR count). The second-order valence-electron chi connectivity index (χ2n) is 3.14. The molecule has 1 saturated carbocycles. The highest BCUT2D eigenvalue weighted by molar-refractivity contribution is 5.94. The number of pyridine rings is 1. The van der Waals surface area contributed by atoms with Gasteiger partial charge in [0.15, 0.2) is 0 Å². The first-order valence-corrected chi connectivity index (χ1v) is 4.17. The average Bonchev–Trinajstić information content (AvgIpc) is 2.88. The summed E-state index contributed by atoms with van der Waals surface area (Å²) in [5.74, 6) is -0.724. The predicted octanol–water partition coefficient (Wildman–Crippen LogP) is 1.11. The van der Waals surface area contributed by atoms with Gasteiger partial charge >= 0.3 is 0 Å². The maximum Gasteiger partial charge on any atom is 0.253 e. The minimum Gasteiger partial charge on any atom is -0.349 e. The van der Waals surface area contributed by atoms with Gasteiger partial charge in [0.05, 0.1) is 11.8 Å². The Bertz CT molecular complexity index is 336. The second kappa shape index (κ2) is 3.12. The fraction of sp³-hybridized carbons (Fsp3) is 0.333. The molecule has 0 atom stereocenters. The van der Waals surface area contributed by atoms with E-state index in [1.54, 1.807) is 0 Å². The van der Waals surface area contributed by atoms with Crippen molar-refractivity contribution in [2.45, 2.75) is 18.9 Å². The third kappa shape index (κ3) is 2.02. The van der Waals surface area contributed by atoms with E-state index in [2.05, 4.69) is 10.3 Å². The van der Waals surface area contributed by atoms with E-state index in [0.29, 0.717) is 0 Å². The van der Waals surface area contributed by atoms with Gasteiger partial charge in [-0.3, -0.25) is 9.78 Å². The maximum absolute atomic E-state index is 12.6. The Kier molecular flexibility index (Phi) is 1.96. The third-order valence-electron chi connectivity index (χ3n) is 1.88. The smallest absolute Gasteiger partial charge is 0.253 e. The summed E-state index contributed by atoms with van der Waals surface area (Å²) in [4.78, 5) is 14.9. The zero-order valence-corrected chi connectivity index (χ0v) is 6.96. The summed E-state index contributed by atoms with van der Waals surface area (Å²) >= 11 is 0. The van der Waals surface area contributed by atoms with E-state index in [0.717, 1.165) is 19.0 Å². The highest BCUT2D eigenvalue weighted by Gasteiger charge is 2.23. The molecule has 1 N–H and O–H groups in total.